The Morgan fingerprint density at radius 1 is 1.03 bits per heavy atom. The third-order valence-corrected chi connectivity index (χ3v) is 5.97. The molecule has 1 aromatic carbocycles. The molecule has 4 nitrogen and oxygen atoms in total. The van der Waals surface area contributed by atoms with E-state index in [2.05, 4.69) is 70.2 Å². The number of thioether (sulfide) groups is 1. The van der Waals surface area contributed by atoms with Crippen molar-refractivity contribution in [3.05, 3.63) is 81.7 Å². The van der Waals surface area contributed by atoms with Crippen molar-refractivity contribution in [3.63, 3.8) is 0 Å². The van der Waals surface area contributed by atoms with Crippen molar-refractivity contribution >= 4 is 34.7 Å². The normalized spacial score (nSPS) is 15.9. The molecule has 0 saturated heterocycles. The quantitative estimate of drug-likeness (QED) is 0.717. The van der Waals surface area contributed by atoms with Crippen molar-refractivity contribution in [1.29, 1.82) is 0 Å². The second-order valence-electron chi connectivity index (χ2n) is 7.45. The molecule has 0 atom stereocenters. The minimum atomic E-state index is -0.769. The number of hydrogen-bond donors (Lipinski definition) is 1. The molecule has 1 aromatic rings. The van der Waals surface area contributed by atoms with Crippen LogP contribution in [0.15, 0.2) is 76.1 Å². The molecule has 1 heterocycles. The summed E-state index contributed by atoms with van der Waals surface area (Å²) in [6, 6.07) is 8.45. The van der Waals surface area contributed by atoms with Crippen LogP contribution in [0.5, 0.6) is 0 Å². The molecule has 5 heteroatoms. The fraction of sp³-hybridized carbons (Fsp3) is 0.250. The maximum Gasteiger partial charge on any atom is 0.303 e. The molecular weight excluding hydrogens is 380 g/mol. The van der Waals surface area contributed by atoms with E-state index in [9.17, 15) is 4.79 Å². The van der Waals surface area contributed by atoms with Gasteiger partial charge in [-0.25, -0.2) is 4.58 Å². The molecule has 2 aliphatic rings. The Morgan fingerprint density at radius 3 is 2.24 bits per heavy atom. The summed E-state index contributed by atoms with van der Waals surface area (Å²) in [5.74, 6) is -0.769. The summed E-state index contributed by atoms with van der Waals surface area (Å²) < 4.78 is 2.08. The first kappa shape index (κ1) is 20.9. The Balaban J connectivity index is 1.98. The van der Waals surface area contributed by atoms with Crippen LogP contribution in [0.25, 0.3) is 5.57 Å². The predicted octanol–water partition coefficient (Wildman–Crippen LogP) is 4.72. The van der Waals surface area contributed by atoms with Crippen molar-refractivity contribution in [1.82, 2.24) is 0 Å². The summed E-state index contributed by atoms with van der Waals surface area (Å²) in [6.07, 6.45) is 13.5. The monoisotopic (exact) mass is 407 g/mol. The van der Waals surface area contributed by atoms with Crippen LogP contribution in [0.4, 0.5) is 5.69 Å². The third-order valence-electron chi connectivity index (χ3n) is 4.81. The smallest absolute Gasteiger partial charge is 0.303 e. The van der Waals surface area contributed by atoms with Crippen LogP contribution in [0.2, 0.25) is 0 Å². The number of allylic oxidation sites excluding steroid dienone is 9. The molecule has 1 aliphatic carbocycles. The van der Waals surface area contributed by atoms with Gasteiger partial charge in [-0.15, -0.1) is 0 Å². The van der Waals surface area contributed by atoms with Crippen LogP contribution in [0.1, 0.15) is 18.4 Å². The van der Waals surface area contributed by atoms with Gasteiger partial charge in [-0.3, -0.25) is 4.79 Å². The molecule has 0 radical (unpaired) electrons. The molecule has 29 heavy (non-hydrogen) atoms. The van der Waals surface area contributed by atoms with Gasteiger partial charge in [0.05, 0.1) is 0 Å². The number of anilines is 1. The van der Waals surface area contributed by atoms with E-state index < -0.39 is 5.97 Å². The largest absolute Gasteiger partial charge is 0.481 e. The fourth-order valence-electron chi connectivity index (χ4n) is 3.09. The molecule has 0 unspecified atom stereocenters. The first-order valence-electron chi connectivity index (χ1n) is 9.58. The van der Waals surface area contributed by atoms with Crippen molar-refractivity contribution in [2.45, 2.75) is 12.8 Å². The number of benzene rings is 1. The van der Waals surface area contributed by atoms with Crippen LogP contribution in [-0.4, -0.2) is 49.6 Å². The first-order valence-corrected chi connectivity index (χ1v) is 10.4. The number of nitrogens with zero attached hydrogens (tertiary/aromatic N) is 2. The Kier molecular flexibility index (Phi) is 6.60. The van der Waals surface area contributed by atoms with Gasteiger partial charge in [-0.1, -0.05) is 23.9 Å². The van der Waals surface area contributed by atoms with E-state index in [-0.39, 0.29) is 6.42 Å². The maximum absolute atomic E-state index is 11.1. The van der Waals surface area contributed by atoms with Crippen molar-refractivity contribution in [2.75, 3.05) is 33.1 Å². The summed E-state index contributed by atoms with van der Waals surface area (Å²) in [7, 11) is 8.11. The highest BCUT2D eigenvalue weighted by Gasteiger charge is 2.17. The van der Waals surface area contributed by atoms with Crippen molar-refractivity contribution in [2.24, 2.45) is 0 Å². The summed E-state index contributed by atoms with van der Waals surface area (Å²) in [6.45, 7) is 0. The number of aliphatic carboxylic acids is 1. The summed E-state index contributed by atoms with van der Waals surface area (Å²) in [5.41, 5.74) is 5.69. The molecule has 0 saturated carbocycles. The zero-order valence-corrected chi connectivity index (χ0v) is 18.2. The van der Waals surface area contributed by atoms with Crippen LogP contribution in [0, 0.1) is 0 Å². The van der Waals surface area contributed by atoms with E-state index in [0.717, 1.165) is 37.9 Å². The zero-order valence-electron chi connectivity index (χ0n) is 17.3. The number of hydrogen-bond acceptors (Lipinski definition) is 3. The van der Waals surface area contributed by atoms with Crippen LogP contribution in [0.3, 0.4) is 0 Å². The minimum Gasteiger partial charge on any atom is -0.481 e. The third kappa shape index (κ3) is 5.39. The minimum absolute atomic E-state index is 0.137. The fourth-order valence-corrected chi connectivity index (χ4v) is 4.21. The molecule has 0 aromatic heterocycles. The molecule has 0 fully saturated rings. The molecule has 3 rings (SSSR count). The number of carboxylic acid groups (broad SMARTS) is 1. The lowest BCUT2D eigenvalue weighted by Crippen LogP contribution is -2.10. The van der Waals surface area contributed by atoms with E-state index in [1.807, 2.05) is 28.2 Å². The number of carbonyl (C=O) groups is 1. The Bertz CT molecular complexity index is 968. The molecule has 1 aliphatic heterocycles. The van der Waals surface area contributed by atoms with Gasteiger partial charge in [0.2, 0.25) is 0 Å². The number of carboxylic acids is 1. The Labute approximate surface area is 176 Å². The molecule has 0 bridgehead atoms. The van der Waals surface area contributed by atoms with Crippen LogP contribution < -0.4 is 4.90 Å². The maximum atomic E-state index is 11.1. The van der Waals surface area contributed by atoms with Gasteiger partial charge in [0.25, 0.3) is 0 Å². The average molecular weight is 408 g/mol. The van der Waals surface area contributed by atoms with Gasteiger partial charge in [0.15, 0.2) is 5.71 Å². The lowest BCUT2D eigenvalue weighted by Gasteiger charge is -2.19. The average Bonchev–Trinajstić information content (AvgIpc) is 2.72. The summed E-state index contributed by atoms with van der Waals surface area (Å²) in [5, 5.41) is 9.11. The van der Waals surface area contributed by atoms with Gasteiger partial charge in [0.1, 0.15) is 14.1 Å². The molecule has 150 valence electrons. The summed E-state index contributed by atoms with van der Waals surface area (Å²) >= 11 is 1.66. The SMILES string of the molecule is CN(C)c1ccc(C2=CC(=C3C=CC(=[N+](C)C)C=C3)SC(CCC(=O)O)=C2)cc1. The Hall–Kier alpha value is -2.79. The highest BCUT2D eigenvalue weighted by molar-refractivity contribution is 8.07. The summed E-state index contributed by atoms with van der Waals surface area (Å²) in [4.78, 5) is 15.4. The van der Waals surface area contributed by atoms with Crippen LogP contribution >= 0.6 is 11.8 Å². The molecule has 1 N–H and O–H groups in total. The van der Waals surface area contributed by atoms with E-state index in [1.54, 1.807) is 11.8 Å². The number of rotatable bonds is 5. The Morgan fingerprint density at radius 2 is 1.69 bits per heavy atom. The molecular formula is C24H27N2O2S+. The lowest BCUT2D eigenvalue weighted by atomic mass is 10.0. The second-order valence-corrected chi connectivity index (χ2v) is 8.62. The van der Waals surface area contributed by atoms with E-state index in [4.69, 9.17) is 5.11 Å². The van der Waals surface area contributed by atoms with Gasteiger partial charge < -0.3 is 10.0 Å². The van der Waals surface area contributed by atoms with E-state index >= 15 is 0 Å². The van der Waals surface area contributed by atoms with E-state index in [0.29, 0.717) is 6.42 Å². The van der Waals surface area contributed by atoms with Crippen molar-refractivity contribution < 1.29 is 14.5 Å². The lowest BCUT2D eigenvalue weighted by molar-refractivity contribution is -0.462. The van der Waals surface area contributed by atoms with Gasteiger partial charge in [-0.2, -0.15) is 0 Å². The predicted molar refractivity (Wildman–Crippen MR) is 124 cm³/mol. The molecule has 0 spiro atoms. The van der Waals surface area contributed by atoms with Crippen molar-refractivity contribution in [3.8, 4) is 0 Å². The van der Waals surface area contributed by atoms with Gasteiger partial charge in [-0.05, 0) is 64.5 Å². The highest BCUT2D eigenvalue weighted by atomic mass is 32.2. The topological polar surface area (TPSA) is 43.5 Å². The highest BCUT2D eigenvalue weighted by Crippen LogP contribution is 2.41. The first-order chi connectivity index (χ1) is 13.8. The van der Waals surface area contributed by atoms with Gasteiger partial charge >= 0.3 is 5.97 Å². The standard InChI is InChI=1S/C24H26N2O2S/c1-25(2)20-9-5-17(6-10-20)19-15-22(13-14-24(27)28)29-23(16-19)18-7-11-21(12-8-18)26(3)4/h5-12,15-16H,13-14H2,1-4H3/p+1. The van der Waals surface area contributed by atoms with Crippen LogP contribution in [-0.2, 0) is 4.79 Å². The molecule has 0 amide bonds. The second kappa shape index (κ2) is 9.14. The zero-order chi connectivity index (χ0) is 21.0. The van der Waals surface area contributed by atoms with Gasteiger partial charge in [0, 0.05) is 43.3 Å². The van der Waals surface area contributed by atoms with E-state index in [1.165, 1.54) is 0 Å².